The van der Waals surface area contributed by atoms with Gasteiger partial charge in [-0.1, -0.05) is 41.9 Å². The number of pyridine rings is 1. The third-order valence-electron chi connectivity index (χ3n) is 5.08. The van der Waals surface area contributed by atoms with Crippen LogP contribution in [0.5, 0.6) is 5.75 Å². The van der Waals surface area contributed by atoms with Crippen molar-refractivity contribution in [3.63, 3.8) is 0 Å². The van der Waals surface area contributed by atoms with Crippen molar-refractivity contribution in [1.29, 1.82) is 0 Å². The number of esters is 1. The lowest BCUT2D eigenvalue weighted by Gasteiger charge is -2.16. The number of nitrogens with zero attached hydrogens (tertiary/aromatic N) is 3. The van der Waals surface area contributed by atoms with E-state index in [1.807, 2.05) is 30.3 Å². The van der Waals surface area contributed by atoms with E-state index in [1.54, 1.807) is 42.1 Å². The van der Waals surface area contributed by atoms with Gasteiger partial charge in [-0.05, 0) is 49.0 Å². The zero-order valence-electron chi connectivity index (χ0n) is 19.9. The maximum absolute atomic E-state index is 12.7. The number of ether oxygens (including phenoxy) is 3. The number of thiocarbonyl (C=S) groups is 1. The first kappa shape index (κ1) is 25.9. The molecule has 4 aromatic rings. The smallest absolute Gasteiger partial charge is 0.413 e. The van der Waals surface area contributed by atoms with Crippen LogP contribution >= 0.6 is 23.8 Å². The molecule has 0 saturated carbocycles. The number of carbonyl (C=O) groups excluding carboxylic acids is 2. The van der Waals surface area contributed by atoms with Crippen molar-refractivity contribution in [1.82, 2.24) is 20.1 Å². The van der Waals surface area contributed by atoms with Crippen LogP contribution in [-0.2, 0) is 16.1 Å². The van der Waals surface area contributed by atoms with Gasteiger partial charge in [0, 0.05) is 5.02 Å². The SMILES string of the molecule is CCOC(=O)NC(=S)Nc1nc(C(=O)OC)c(OCc2ccccc2)c2cnn(-c3ccc(Cl)cc3)c12. The Morgan fingerprint density at radius 2 is 1.84 bits per heavy atom. The Balaban J connectivity index is 1.85. The molecule has 10 nitrogen and oxygen atoms in total. The average Bonchev–Trinajstić information content (AvgIpc) is 3.34. The first-order chi connectivity index (χ1) is 17.9. The molecule has 0 fully saturated rings. The van der Waals surface area contributed by atoms with Gasteiger partial charge < -0.3 is 19.5 Å². The Bertz CT molecular complexity index is 1440. The van der Waals surface area contributed by atoms with Gasteiger partial charge in [-0.25, -0.2) is 19.3 Å². The maximum Gasteiger partial charge on any atom is 0.413 e. The molecule has 12 heteroatoms. The topological polar surface area (TPSA) is 117 Å². The van der Waals surface area contributed by atoms with Crippen LogP contribution in [0.4, 0.5) is 10.6 Å². The number of hydrogen-bond acceptors (Lipinski definition) is 8. The first-order valence-electron chi connectivity index (χ1n) is 11.1. The van der Waals surface area contributed by atoms with Crippen molar-refractivity contribution in [3.05, 3.63) is 77.1 Å². The van der Waals surface area contributed by atoms with Gasteiger partial charge in [0.15, 0.2) is 22.4 Å². The first-order valence-corrected chi connectivity index (χ1v) is 11.9. The van der Waals surface area contributed by atoms with Crippen molar-refractivity contribution in [2.24, 2.45) is 0 Å². The van der Waals surface area contributed by atoms with E-state index in [9.17, 15) is 9.59 Å². The van der Waals surface area contributed by atoms with Gasteiger partial charge >= 0.3 is 12.1 Å². The van der Waals surface area contributed by atoms with E-state index in [4.69, 9.17) is 38.0 Å². The van der Waals surface area contributed by atoms with Crippen LogP contribution in [0.1, 0.15) is 23.0 Å². The van der Waals surface area contributed by atoms with Crippen LogP contribution < -0.4 is 15.4 Å². The molecule has 0 spiro atoms. The predicted octanol–water partition coefficient (Wildman–Crippen LogP) is 4.88. The highest BCUT2D eigenvalue weighted by Crippen LogP contribution is 2.35. The number of carbonyl (C=O) groups is 2. The summed E-state index contributed by atoms with van der Waals surface area (Å²) in [6, 6.07) is 16.4. The third-order valence-corrected chi connectivity index (χ3v) is 5.53. The van der Waals surface area contributed by atoms with E-state index in [0.717, 1.165) is 5.56 Å². The molecule has 4 rings (SSSR count). The average molecular weight is 540 g/mol. The molecule has 2 aromatic heterocycles. The van der Waals surface area contributed by atoms with E-state index in [0.29, 0.717) is 21.6 Å². The fourth-order valence-electron chi connectivity index (χ4n) is 3.46. The van der Waals surface area contributed by atoms with Crippen LogP contribution in [-0.4, -0.2) is 45.7 Å². The number of rotatable bonds is 7. The lowest BCUT2D eigenvalue weighted by atomic mass is 10.2. The minimum Gasteiger partial charge on any atom is -0.486 e. The summed E-state index contributed by atoms with van der Waals surface area (Å²) in [6.07, 6.45) is 0.809. The van der Waals surface area contributed by atoms with Crippen LogP contribution in [0.2, 0.25) is 5.02 Å². The molecule has 0 bridgehead atoms. The number of benzene rings is 2. The molecule has 2 N–H and O–H groups in total. The fourth-order valence-corrected chi connectivity index (χ4v) is 3.77. The minimum absolute atomic E-state index is 0.0927. The van der Waals surface area contributed by atoms with Crippen LogP contribution in [0.25, 0.3) is 16.6 Å². The summed E-state index contributed by atoms with van der Waals surface area (Å²) < 4.78 is 17.5. The van der Waals surface area contributed by atoms with E-state index in [1.165, 1.54) is 7.11 Å². The summed E-state index contributed by atoms with van der Waals surface area (Å²) in [5, 5.41) is 10.7. The largest absolute Gasteiger partial charge is 0.486 e. The molecule has 0 aliphatic rings. The van der Waals surface area contributed by atoms with Gasteiger partial charge in [-0.15, -0.1) is 0 Å². The second-order valence-electron chi connectivity index (χ2n) is 7.50. The molecule has 0 radical (unpaired) electrons. The summed E-state index contributed by atoms with van der Waals surface area (Å²) >= 11 is 11.3. The molecule has 2 heterocycles. The molecular weight excluding hydrogens is 518 g/mol. The third kappa shape index (κ3) is 5.96. The fraction of sp³-hybridized carbons (Fsp3) is 0.160. The number of hydrogen-bond donors (Lipinski definition) is 2. The molecule has 0 aliphatic heterocycles. The van der Waals surface area contributed by atoms with Gasteiger partial charge in [-0.2, -0.15) is 5.10 Å². The minimum atomic E-state index is -0.738. The highest BCUT2D eigenvalue weighted by Gasteiger charge is 2.26. The number of nitrogens with one attached hydrogen (secondary N) is 2. The Labute approximate surface area is 222 Å². The van der Waals surface area contributed by atoms with Gasteiger partial charge in [0.05, 0.1) is 31.0 Å². The monoisotopic (exact) mass is 539 g/mol. The van der Waals surface area contributed by atoms with Gasteiger partial charge in [-0.3, -0.25) is 5.32 Å². The number of aromatic nitrogens is 3. The lowest BCUT2D eigenvalue weighted by Crippen LogP contribution is -2.35. The Morgan fingerprint density at radius 1 is 1.11 bits per heavy atom. The molecule has 1 amide bonds. The molecule has 2 aromatic carbocycles. The van der Waals surface area contributed by atoms with E-state index < -0.39 is 12.1 Å². The maximum atomic E-state index is 12.7. The van der Waals surface area contributed by atoms with Gasteiger partial charge in [0.1, 0.15) is 12.1 Å². The van der Waals surface area contributed by atoms with Gasteiger partial charge in [0.2, 0.25) is 0 Å². The van der Waals surface area contributed by atoms with Crippen molar-refractivity contribution in [2.45, 2.75) is 13.5 Å². The molecule has 0 aliphatic carbocycles. The molecule has 0 saturated heterocycles. The highest BCUT2D eigenvalue weighted by molar-refractivity contribution is 7.80. The second-order valence-corrected chi connectivity index (χ2v) is 8.34. The second kappa shape index (κ2) is 11.7. The Hall–Kier alpha value is -4.22. The highest BCUT2D eigenvalue weighted by atomic mass is 35.5. The zero-order valence-corrected chi connectivity index (χ0v) is 21.4. The number of anilines is 1. The molecular formula is C25H22ClN5O5S. The van der Waals surface area contributed by atoms with Crippen molar-refractivity contribution in [3.8, 4) is 11.4 Å². The summed E-state index contributed by atoms with van der Waals surface area (Å²) in [5.74, 6) is -0.408. The lowest BCUT2D eigenvalue weighted by molar-refractivity contribution is 0.0589. The number of methoxy groups -OCH3 is 1. The molecule has 0 atom stereocenters. The van der Waals surface area contributed by atoms with E-state index in [-0.39, 0.29) is 35.6 Å². The molecule has 0 unspecified atom stereocenters. The number of halogens is 1. The number of amides is 1. The van der Waals surface area contributed by atoms with E-state index >= 15 is 0 Å². The quantitative estimate of drug-likeness (QED) is 0.250. The zero-order chi connectivity index (χ0) is 26.4. The summed E-state index contributed by atoms with van der Waals surface area (Å²) in [5.41, 5.74) is 1.89. The van der Waals surface area contributed by atoms with Crippen LogP contribution in [0.3, 0.4) is 0 Å². The van der Waals surface area contributed by atoms with Gasteiger partial charge in [0.25, 0.3) is 0 Å². The summed E-state index contributed by atoms with van der Waals surface area (Å²) in [6.45, 7) is 2.01. The van der Waals surface area contributed by atoms with Crippen molar-refractivity contribution in [2.75, 3.05) is 19.0 Å². The van der Waals surface area contributed by atoms with Crippen LogP contribution in [0, 0.1) is 0 Å². The molecule has 37 heavy (non-hydrogen) atoms. The normalized spacial score (nSPS) is 10.6. The summed E-state index contributed by atoms with van der Waals surface area (Å²) in [7, 11) is 1.24. The predicted molar refractivity (Wildman–Crippen MR) is 142 cm³/mol. The number of fused-ring (bicyclic) bond motifs is 1. The van der Waals surface area contributed by atoms with E-state index in [2.05, 4.69) is 20.7 Å². The number of alkyl carbamates (subject to hydrolysis) is 1. The Morgan fingerprint density at radius 3 is 2.51 bits per heavy atom. The Kier molecular flexibility index (Phi) is 8.16. The standard InChI is InChI=1S/C25H22ClN5O5S/c1-3-35-25(33)30-24(37)29-22-20-18(13-27-31(20)17-11-9-16(26)10-12-17)21(19(28-22)23(32)34-2)36-14-15-7-5-4-6-8-15/h4-13H,3,14H2,1-2H3,(H2,28,29,30,33,37). The van der Waals surface area contributed by atoms with Crippen molar-refractivity contribution >= 4 is 57.7 Å². The van der Waals surface area contributed by atoms with Crippen molar-refractivity contribution < 1.29 is 23.8 Å². The van der Waals surface area contributed by atoms with Crippen LogP contribution in [0.15, 0.2) is 60.8 Å². The summed E-state index contributed by atoms with van der Waals surface area (Å²) in [4.78, 5) is 29.1. The molecule has 190 valence electrons.